The zero-order valence-electron chi connectivity index (χ0n) is 7.47. The van der Waals surface area contributed by atoms with Gasteiger partial charge in [0.25, 0.3) is 0 Å². The van der Waals surface area contributed by atoms with E-state index in [1.54, 1.807) is 0 Å². The summed E-state index contributed by atoms with van der Waals surface area (Å²) < 4.78 is 0. The summed E-state index contributed by atoms with van der Waals surface area (Å²) in [6.45, 7) is 3.68. The topological polar surface area (TPSA) is 12.0 Å². The summed E-state index contributed by atoms with van der Waals surface area (Å²) in [5, 5.41) is 3.64. The van der Waals surface area contributed by atoms with Crippen molar-refractivity contribution in [2.24, 2.45) is 11.8 Å². The fraction of sp³-hybridized carbons (Fsp3) is 1.00. The smallest absolute Gasteiger partial charge is 0.00955 e. The van der Waals surface area contributed by atoms with Gasteiger partial charge in [0.15, 0.2) is 0 Å². The molecule has 1 heteroatoms. The summed E-state index contributed by atoms with van der Waals surface area (Å²) in [7, 11) is 0. The highest BCUT2D eigenvalue weighted by Gasteiger charge is 2.29. The van der Waals surface area contributed by atoms with Crippen LogP contribution in [0.4, 0.5) is 0 Å². The largest absolute Gasteiger partial charge is 0.314 e. The third-order valence-corrected chi connectivity index (χ3v) is 3.40. The lowest BCUT2D eigenvalue weighted by atomic mass is 9.75. The maximum absolute atomic E-state index is 3.64. The molecule has 0 radical (unpaired) electrons. The molecule has 0 bridgehead atoms. The predicted octanol–water partition coefficient (Wildman–Crippen LogP) is 2.17. The summed E-state index contributed by atoms with van der Waals surface area (Å²) in [5.41, 5.74) is 0. The lowest BCUT2D eigenvalue weighted by molar-refractivity contribution is 0.173. The SMILES string of the molecule is C[C@H]1CC[C@@H]2NCCC[C@@H]2C1. The average Bonchev–Trinajstić information content (AvgIpc) is 2.04. The first kappa shape index (κ1) is 7.60. The van der Waals surface area contributed by atoms with Crippen molar-refractivity contribution in [3.63, 3.8) is 0 Å². The number of hydrogen-bond donors (Lipinski definition) is 1. The Hall–Kier alpha value is -0.0400. The fourth-order valence-corrected chi connectivity index (χ4v) is 2.74. The molecule has 0 aromatic rings. The van der Waals surface area contributed by atoms with Gasteiger partial charge in [-0.05, 0) is 50.5 Å². The Morgan fingerprint density at radius 1 is 1.18 bits per heavy atom. The second-order valence-electron chi connectivity index (χ2n) is 4.38. The maximum atomic E-state index is 3.64. The quantitative estimate of drug-likeness (QED) is 0.562. The van der Waals surface area contributed by atoms with E-state index < -0.39 is 0 Å². The summed E-state index contributed by atoms with van der Waals surface area (Å²) in [6, 6.07) is 0.889. The molecule has 64 valence electrons. The van der Waals surface area contributed by atoms with Gasteiger partial charge in [0.05, 0.1) is 0 Å². The van der Waals surface area contributed by atoms with Crippen LogP contribution in [0, 0.1) is 11.8 Å². The van der Waals surface area contributed by atoms with Gasteiger partial charge in [-0.15, -0.1) is 0 Å². The van der Waals surface area contributed by atoms with E-state index in [2.05, 4.69) is 12.2 Å². The molecule has 11 heavy (non-hydrogen) atoms. The maximum Gasteiger partial charge on any atom is 0.00955 e. The molecule has 1 aliphatic carbocycles. The number of piperidine rings is 1. The number of nitrogens with one attached hydrogen (secondary N) is 1. The second-order valence-corrected chi connectivity index (χ2v) is 4.38. The van der Waals surface area contributed by atoms with E-state index in [0.29, 0.717) is 0 Å². The molecule has 2 rings (SSSR count). The molecule has 1 saturated heterocycles. The lowest BCUT2D eigenvalue weighted by Crippen LogP contribution is -2.44. The minimum absolute atomic E-state index is 0.889. The summed E-state index contributed by atoms with van der Waals surface area (Å²) >= 11 is 0. The third kappa shape index (κ3) is 1.58. The van der Waals surface area contributed by atoms with Crippen LogP contribution in [-0.4, -0.2) is 12.6 Å². The van der Waals surface area contributed by atoms with Crippen molar-refractivity contribution in [2.45, 2.75) is 45.1 Å². The number of fused-ring (bicyclic) bond motifs is 1. The van der Waals surface area contributed by atoms with Gasteiger partial charge in [-0.25, -0.2) is 0 Å². The Labute approximate surface area is 69.6 Å². The Kier molecular flexibility index (Phi) is 2.17. The zero-order valence-corrected chi connectivity index (χ0v) is 7.47. The molecule has 0 aromatic heterocycles. The van der Waals surface area contributed by atoms with Gasteiger partial charge in [0, 0.05) is 6.04 Å². The van der Waals surface area contributed by atoms with Crippen molar-refractivity contribution >= 4 is 0 Å². The highest BCUT2D eigenvalue weighted by atomic mass is 14.9. The van der Waals surface area contributed by atoms with E-state index in [9.17, 15) is 0 Å². The van der Waals surface area contributed by atoms with Crippen LogP contribution in [0.2, 0.25) is 0 Å². The molecule has 1 nitrogen and oxygen atoms in total. The molecule has 0 amide bonds. The Balaban J connectivity index is 1.93. The summed E-state index contributed by atoms with van der Waals surface area (Å²) in [4.78, 5) is 0. The molecule has 2 aliphatic rings. The number of rotatable bonds is 0. The standard InChI is InChI=1S/C10H19N/c1-8-4-5-10-9(7-8)3-2-6-11-10/h8-11H,2-7H2,1H3/t8-,9+,10-/m0/s1. The first-order valence-corrected chi connectivity index (χ1v) is 5.09. The minimum Gasteiger partial charge on any atom is -0.314 e. The van der Waals surface area contributed by atoms with Crippen LogP contribution >= 0.6 is 0 Å². The zero-order chi connectivity index (χ0) is 7.68. The Bertz CT molecular complexity index is 133. The van der Waals surface area contributed by atoms with Crippen LogP contribution in [0.5, 0.6) is 0 Å². The molecule has 0 aromatic carbocycles. The van der Waals surface area contributed by atoms with Crippen LogP contribution in [0.25, 0.3) is 0 Å². The van der Waals surface area contributed by atoms with Gasteiger partial charge in [-0.1, -0.05) is 6.92 Å². The van der Waals surface area contributed by atoms with E-state index in [1.165, 1.54) is 38.6 Å². The van der Waals surface area contributed by atoms with Gasteiger partial charge in [0.1, 0.15) is 0 Å². The highest BCUT2D eigenvalue weighted by molar-refractivity contribution is 4.86. The Morgan fingerprint density at radius 2 is 2.09 bits per heavy atom. The normalized spacial score (nSPS) is 45.0. The van der Waals surface area contributed by atoms with Gasteiger partial charge in [-0.3, -0.25) is 0 Å². The molecule has 3 atom stereocenters. The van der Waals surface area contributed by atoms with Crippen LogP contribution < -0.4 is 5.32 Å². The van der Waals surface area contributed by atoms with Crippen LogP contribution in [-0.2, 0) is 0 Å². The first-order chi connectivity index (χ1) is 5.36. The highest BCUT2D eigenvalue weighted by Crippen LogP contribution is 2.33. The van der Waals surface area contributed by atoms with Crippen molar-refractivity contribution in [3.05, 3.63) is 0 Å². The molecule has 1 saturated carbocycles. The molecule has 1 N–H and O–H groups in total. The van der Waals surface area contributed by atoms with Crippen molar-refractivity contribution in [1.29, 1.82) is 0 Å². The van der Waals surface area contributed by atoms with Crippen LogP contribution in [0.1, 0.15) is 39.0 Å². The van der Waals surface area contributed by atoms with Crippen molar-refractivity contribution in [1.82, 2.24) is 5.32 Å². The fourth-order valence-electron chi connectivity index (χ4n) is 2.74. The molecule has 1 heterocycles. The monoisotopic (exact) mass is 153 g/mol. The lowest BCUT2D eigenvalue weighted by Gasteiger charge is -2.38. The molecule has 0 spiro atoms. The molecular formula is C10H19N. The molecular weight excluding hydrogens is 134 g/mol. The average molecular weight is 153 g/mol. The third-order valence-electron chi connectivity index (χ3n) is 3.40. The van der Waals surface area contributed by atoms with Gasteiger partial charge in [-0.2, -0.15) is 0 Å². The second kappa shape index (κ2) is 3.14. The van der Waals surface area contributed by atoms with Gasteiger partial charge < -0.3 is 5.32 Å². The van der Waals surface area contributed by atoms with E-state index in [0.717, 1.165) is 17.9 Å². The van der Waals surface area contributed by atoms with Crippen molar-refractivity contribution < 1.29 is 0 Å². The number of hydrogen-bond acceptors (Lipinski definition) is 1. The minimum atomic E-state index is 0.889. The van der Waals surface area contributed by atoms with Crippen molar-refractivity contribution in [2.75, 3.05) is 6.54 Å². The Morgan fingerprint density at radius 3 is 3.00 bits per heavy atom. The van der Waals surface area contributed by atoms with E-state index in [1.807, 2.05) is 0 Å². The van der Waals surface area contributed by atoms with Crippen molar-refractivity contribution in [3.8, 4) is 0 Å². The molecule has 1 aliphatic heterocycles. The van der Waals surface area contributed by atoms with Gasteiger partial charge in [0.2, 0.25) is 0 Å². The van der Waals surface area contributed by atoms with Crippen LogP contribution in [0.15, 0.2) is 0 Å². The molecule has 0 unspecified atom stereocenters. The summed E-state index contributed by atoms with van der Waals surface area (Å²) in [6.07, 6.45) is 7.27. The van der Waals surface area contributed by atoms with E-state index in [4.69, 9.17) is 0 Å². The summed E-state index contributed by atoms with van der Waals surface area (Å²) in [5.74, 6) is 2.02. The first-order valence-electron chi connectivity index (χ1n) is 5.09. The predicted molar refractivity (Wildman–Crippen MR) is 47.5 cm³/mol. The van der Waals surface area contributed by atoms with Crippen LogP contribution in [0.3, 0.4) is 0 Å². The van der Waals surface area contributed by atoms with E-state index in [-0.39, 0.29) is 0 Å². The molecule has 2 fully saturated rings. The van der Waals surface area contributed by atoms with Gasteiger partial charge >= 0.3 is 0 Å². The van der Waals surface area contributed by atoms with E-state index >= 15 is 0 Å².